The van der Waals surface area contributed by atoms with Gasteiger partial charge in [-0.2, -0.15) is 0 Å². The molecule has 1 N–H and O–H groups in total. The predicted octanol–water partition coefficient (Wildman–Crippen LogP) is 3.07. The monoisotopic (exact) mass is 175 g/mol. The highest BCUT2D eigenvalue weighted by atomic mass is 14.9. The van der Waals surface area contributed by atoms with Crippen LogP contribution in [0.3, 0.4) is 0 Å². The zero-order chi connectivity index (χ0) is 9.47. The molecule has 70 valence electrons. The molecule has 1 nitrogen and oxygen atoms in total. The minimum Gasteiger partial charge on any atom is -0.382 e. The van der Waals surface area contributed by atoms with Crippen molar-refractivity contribution in [2.24, 2.45) is 5.41 Å². The molecule has 1 atom stereocenters. The van der Waals surface area contributed by atoms with Gasteiger partial charge < -0.3 is 5.32 Å². The average molecular weight is 175 g/mol. The van der Waals surface area contributed by atoms with Crippen LogP contribution in [0.2, 0.25) is 0 Å². The first-order valence-corrected chi connectivity index (χ1v) is 4.94. The van der Waals surface area contributed by atoms with Crippen LogP contribution < -0.4 is 5.32 Å². The molecule has 0 radical (unpaired) electrons. The predicted molar refractivity (Wildman–Crippen MR) is 57.0 cm³/mol. The molecule has 0 aliphatic carbocycles. The molecule has 1 aliphatic heterocycles. The number of nitrogens with one attached hydrogen (secondary N) is 1. The van der Waals surface area contributed by atoms with Crippen molar-refractivity contribution in [1.82, 2.24) is 0 Å². The fourth-order valence-corrected chi connectivity index (χ4v) is 1.89. The van der Waals surface area contributed by atoms with Crippen LogP contribution in [0.25, 0.3) is 0 Å². The lowest BCUT2D eigenvalue weighted by molar-refractivity contribution is 0.306. The summed E-state index contributed by atoms with van der Waals surface area (Å²) < 4.78 is 0. The Hall–Kier alpha value is -0.980. The smallest absolute Gasteiger partial charge is 0.0375 e. The van der Waals surface area contributed by atoms with Crippen LogP contribution in [0, 0.1) is 5.41 Å². The summed E-state index contributed by atoms with van der Waals surface area (Å²) in [6.07, 6.45) is 1.18. The van der Waals surface area contributed by atoms with Gasteiger partial charge in [-0.15, -0.1) is 0 Å². The Morgan fingerprint density at radius 2 is 2.00 bits per heavy atom. The fourth-order valence-electron chi connectivity index (χ4n) is 1.89. The summed E-state index contributed by atoms with van der Waals surface area (Å²) in [7, 11) is 0. The minimum absolute atomic E-state index is 0.369. The molecular formula is C12H17N. The molecule has 0 saturated carbocycles. The molecule has 2 rings (SSSR count). The van der Waals surface area contributed by atoms with Gasteiger partial charge in [0.2, 0.25) is 0 Å². The molecule has 0 fully saturated rings. The molecule has 1 aromatic carbocycles. The molecule has 1 aromatic rings. The normalized spacial score (nSPS) is 24.7. The van der Waals surface area contributed by atoms with Gasteiger partial charge >= 0.3 is 0 Å². The second kappa shape index (κ2) is 2.76. The first kappa shape index (κ1) is 8.61. The third-order valence-electron chi connectivity index (χ3n) is 3.21. The molecule has 0 amide bonds. The molecule has 0 aromatic heterocycles. The molecule has 0 spiro atoms. The standard InChI is InChI=1S/C12H17N/c1-9-12(2,3)8-10-6-4-5-7-11(10)13-9/h4-7,9,13H,8H2,1-3H3/t9-/m1/s1. The van der Waals surface area contributed by atoms with Crippen molar-refractivity contribution in [2.75, 3.05) is 5.32 Å². The number of para-hydroxylation sites is 1. The zero-order valence-corrected chi connectivity index (χ0v) is 8.59. The van der Waals surface area contributed by atoms with Crippen molar-refractivity contribution in [1.29, 1.82) is 0 Å². The third-order valence-corrected chi connectivity index (χ3v) is 3.21. The van der Waals surface area contributed by atoms with E-state index in [9.17, 15) is 0 Å². The maximum Gasteiger partial charge on any atom is 0.0375 e. The Bertz CT molecular complexity index is 315. The summed E-state index contributed by atoms with van der Waals surface area (Å²) in [5, 5.41) is 3.55. The molecule has 13 heavy (non-hydrogen) atoms. The van der Waals surface area contributed by atoms with E-state index >= 15 is 0 Å². The topological polar surface area (TPSA) is 12.0 Å². The van der Waals surface area contributed by atoms with E-state index in [1.165, 1.54) is 17.7 Å². The fraction of sp³-hybridized carbons (Fsp3) is 0.500. The van der Waals surface area contributed by atoms with Crippen molar-refractivity contribution >= 4 is 5.69 Å². The third kappa shape index (κ3) is 1.43. The lowest BCUT2D eigenvalue weighted by atomic mass is 9.76. The van der Waals surface area contributed by atoms with E-state index in [1.807, 2.05) is 0 Å². The summed E-state index contributed by atoms with van der Waals surface area (Å²) in [6.45, 7) is 6.90. The van der Waals surface area contributed by atoms with Crippen LogP contribution in [-0.2, 0) is 6.42 Å². The molecular weight excluding hydrogens is 158 g/mol. The van der Waals surface area contributed by atoms with E-state index in [4.69, 9.17) is 0 Å². The Labute approximate surface area is 80.2 Å². The lowest BCUT2D eigenvalue weighted by Gasteiger charge is -2.38. The number of rotatable bonds is 0. The number of benzene rings is 1. The van der Waals surface area contributed by atoms with Gasteiger partial charge in [-0.3, -0.25) is 0 Å². The number of fused-ring (bicyclic) bond motifs is 1. The van der Waals surface area contributed by atoms with E-state index < -0.39 is 0 Å². The molecule has 1 heteroatoms. The number of anilines is 1. The van der Waals surface area contributed by atoms with E-state index in [0.717, 1.165) is 0 Å². The molecule has 0 unspecified atom stereocenters. The van der Waals surface area contributed by atoms with Gasteiger partial charge in [0.15, 0.2) is 0 Å². The first-order valence-electron chi connectivity index (χ1n) is 4.94. The van der Waals surface area contributed by atoms with Crippen LogP contribution in [-0.4, -0.2) is 6.04 Å². The summed E-state index contributed by atoms with van der Waals surface area (Å²) in [5.41, 5.74) is 3.13. The van der Waals surface area contributed by atoms with Gasteiger partial charge in [-0.05, 0) is 30.4 Å². The van der Waals surface area contributed by atoms with Gasteiger partial charge in [0.05, 0.1) is 0 Å². The Morgan fingerprint density at radius 3 is 2.77 bits per heavy atom. The SMILES string of the molecule is C[C@H]1Nc2ccccc2CC1(C)C. The number of hydrogen-bond donors (Lipinski definition) is 1. The van der Waals surface area contributed by atoms with Gasteiger partial charge in [0.1, 0.15) is 0 Å². The van der Waals surface area contributed by atoms with Crippen molar-refractivity contribution < 1.29 is 0 Å². The van der Waals surface area contributed by atoms with Gasteiger partial charge in [0, 0.05) is 11.7 Å². The van der Waals surface area contributed by atoms with Crippen LogP contribution >= 0.6 is 0 Å². The number of hydrogen-bond acceptors (Lipinski definition) is 1. The summed E-state index contributed by atoms with van der Waals surface area (Å²) in [4.78, 5) is 0. The van der Waals surface area contributed by atoms with E-state index in [-0.39, 0.29) is 0 Å². The minimum atomic E-state index is 0.369. The van der Waals surface area contributed by atoms with Crippen LogP contribution in [0.5, 0.6) is 0 Å². The second-order valence-electron chi connectivity index (χ2n) is 4.69. The van der Waals surface area contributed by atoms with Gasteiger partial charge in [0.25, 0.3) is 0 Å². The summed E-state index contributed by atoms with van der Waals surface area (Å²) in [5.74, 6) is 0. The highest BCUT2D eigenvalue weighted by molar-refractivity contribution is 5.54. The van der Waals surface area contributed by atoms with Crippen LogP contribution in [0.1, 0.15) is 26.3 Å². The van der Waals surface area contributed by atoms with Crippen LogP contribution in [0.15, 0.2) is 24.3 Å². The molecule has 0 bridgehead atoms. The van der Waals surface area contributed by atoms with E-state index in [2.05, 4.69) is 50.4 Å². The maximum absolute atomic E-state index is 3.55. The molecule has 1 heterocycles. The maximum atomic E-state index is 3.55. The summed E-state index contributed by atoms with van der Waals surface area (Å²) >= 11 is 0. The highest BCUT2D eigenvalue weighted by Crippen LogP contribution is 2.35. The Balaban J connectivity index is 2.39. The highest BCUT2D eigenvalue weighted by Gasteiger charge is 2.31. The average Bonchev–Trinajstić information content (AvgIpc) is 2.06. The van der Waals surface area contributed by atoms with E-state index in [1.54, 1.807) is 0 Å². The van der Waals surface area contributed by atoms with Crippen molar-refractivity contribution in [3.05, 3.63) is 29.8 Å². The Morgan fingerprint density at radius 1 is 1.31 bits per heavy atom. The van der Waals surface area contributed by atoms with Crippen LogP contribution in [0.4, 0.5) is 5.69 Å². The lowest BCUT2D eigenvalue weighted by Crippen LogP contribution is -2.39. The Kier molecular flexibility index (Phi) is 1.83. The quantitative estimate of drug-likeness (QED) is 0.639. The largest absolute Gasteiger partial charge is 0.382 e. The summed E-state index contributed by atoms with van der Waals surface area (Å²) in [6, 6.07) is 9.16. The van der Waals surface area contributed by atoms with E-state index in [0.29, 0.717) is 11.5 Å². The second-order valence-corrected chi connectivity index (χ2v) is 4.69. The van der Waals surface area contributed by atoms with Crippen molar-refractivity contribution in [3.63, 3.8) is 0 Å². The first-order chi connectivity index (χ1) is 6.09. The molecule has 1 aliphatic rings. The van der Waals surface area contributed by atoms with Gasteiger partial charge in [-0.1, -0.05) is 32.0 Å². The molecule has 0 saturated heterocycles. The van der Waals surface area contributed by atoms with Crippen molar-refractivity contribution in [3.8, 4) is 0 Å². The van der Waals surface area contributed by atoms with Gasteiger partial charge in [-0.25, -0.2) is 0 Å². The van der Waals surface area contributed by atoms with Crippen molar-refractivity contribution in [2.45, 2.75) is 33.2 Å². The zero-order valence-electron chi connectivity index (χ0n) is 8.59.